The number of likely N-dealkylation sites (N-methyl/N-ethyl adjacent to an activating group) is 1. The van der Waals surface area contributed by atoms with Crippen molar-refractivity contribution in [2.24, 2.45) is 0 Å². The van der Waals surface area contributed by atoms with Crippen molar-refractivity contribution < 1.29 is 0 Å². The van der Waals surface area contributed by atoms with E-state index in [9.17, 15) is 0 Å². The summed E-state index contributed by atoms with van der Waals surface area (Å²) < 4.78 is 1.87. The van der Waals surface area contributed by atoms with Gasteiger partial charge in [0.15, 0.2) is 5.65 Å². The van der Waals surface area contributed by atoms with Crippen LogP contribution in [-0.4, -0.2) is 50.7 Å². The highest BCUT2D eigenvalue weighted by atomic mass is 15.3. The zero-order valence-electron chi connectivity index (χ0n) is 17.6. The standard InChI is InChI=1S/C22H27N7/c1-12(2)19-20(16-10-29-22(24-11-25-29)14(4)13(16)3)26-17-6-7-18(27-21(17)19)28-8-15(9-28)23-5/h6-7,10-12,15,23,26H,8-9H2,1-5H3. The molecule has 5 rings (SSSR count). The number of fused-ring (bicyclic) bond motifs is 2. The predicted octanol–water partition coefficient (Wildman–Crippen LogP) is 3.42. The topological polar surface area (TPSA) is 74.1 Å². The van der Waals surface area contributed by atoms with Gasteiger partial charge in [-0.3, -0.25) is 0 Å². The zero-order chi connectivity index (χ0) is 20.3. The Morgan fingerprint density at radius 3 is 2.69 bits per heavy atom. The molecule has 0 unspecified atom stereocenters. The number of pyridine rings is 2. The van der Waals surface area contributed by atoms with E-state index in [1.54, 1.807) is 6.33 Å². The number of hydrogen-bond donors (Lipinski definition) is 2. The van der Waals surface area contributed by atoms with Gasteiger partial charge >= 0.3 is 0 Å². The summed E-state index contributed by atoms with van der Waals surface area (Å²) in [7, 11) is 2.02. The van der Waals surface area contributed by atoms with Crippen LogP contribution in [0.3, 0.4) is 0 Å². The van der Waals surface area contributed by atoms with Crippen molar-refractivity contribution in [2.45, 2.75) is 39.7 Å². The second kappa shape index (κ2) is 6.56. The van der Waals surface area contributed by atoms with E-state index in [-0.39, 0.29) is 0 Å². The molecule has 1 aliphatic heterocycles. The number of nitrogens with one attached hydrogen (secondary N) is 2. The van der Waals surface area contributed by atoms with E-state index < -0.39 is 0 Å². The number of nitrogens with zero attached hydrogens (tertiary/aromatic N) is 5. The van der Waals surface area contributed by atoms with Crippen molar-refractivity contribution in [3.05, 3.63) is 41.3 Å². The molecule has 4 aromatic rings. The maximum atomic E-state index is 5.07. The van der Waals surface area contributed by atoms with Crippen molar-refractivity contribution in [3.63, 3.8) is 0 Å². The average Bonchev–Trinajstić information content (AvgIpc) is 3.27. The molecular weight excluding hydrogens is 362 g/mol. The number of aryl methyl sites for hydroxylation is 1. The highest BCUT2D eigenvalue weighted by molar-refractivity contribution is 5.90. The molecule has 0 aromatic carbocycles. The van der Waals surface area contributed by atoms with Crippen LogP contribution in [0.2, 0.25) is 0 Å². The molecule has 4 aromatic heterocycles. The number of aromatic nitrogens is 5. The van der Waals surface area contributed by atoms with Crippen molar-refractivity contribution in [1.29, 1.82) is 0 Å². The van der Waals surface area contributed by atoms with E-state index in [1.807, 2.05) is 11.6 Å². The Morgan fingerprint density at radius 2 is 1.97 bits per heavy atom. The lowest BCUT2D eigenvalue weighted by molar-refractivity contribution is 0.447. The number of H-pyrrole nitrogens is 1. The Hall–Kier alpha value is -2.93. The van der Waals surface area contributed by atoms with E-state index >= 15 is 0 Å². The summed E-state index contributed by atoms with van der Waals surface area (Å²) in [5, 5.41) is 7.70. The highest BCUT2D eigenvalue weighted by Gasteiger charge is 2.27. The van der Waals surface area contributed by atoms with Crippen LogP contribution in [0.4, 0.5) is 5.82 Å². The quantitative estimate of drug-likeness (QED) is 0.559. The summed E-state index contributed by atoms with van der Waals surface area (Å²) in [6.45, 7) is 10.7. The fraction of sp³-hybridized carbons (Fsp3) is 0.409. The summed E-state index contributed by atoms with van der Waals surface area (Å²) in [6, 6.07) is 4.84. The molecule has 150 valence electrons. The second-order valence-electron chi connectivity index (χ2n) is 8.35. The van der Waals surface area contributed by atoms with Gasteiger partial charge in [-0.2, -0.15) is 5.10 Å². The second-order valence-corrected chi connectivity index (χ2v) is 8.35. The molecule has 1 aliphatic rings. The van der Waals surface area contributed by atoms with Gasteiger partial charge in [0.2, 0.25) is 0 Å². The maximum absolute atomic E-state index is 5.07. The van der Waals surface area contributed by atoms with Crippen LogP contribution in [0.25, 0.3) is 27.9 Å². The van der Waals surface area contributed by atoms with Crippen molar-refractivity contribution in [3.8, 4) is 11.3 Å². The van der Waals surface area contributed by atoms with Crippen LogP contribution in [-0.2, 0) is 0 Å². The molecule has 0 atom stereocenters. The van der Waals surface area contributed by atoms with Gasteiger partial charge in [-0.15, -0.1) is 0 Å². The third kappa shape index (κ3) is 2.72. The van der Waals surface area contributed by atoms with E-state index in [4.69, 9.17) is 4.98 Å². The first-order chi connectivity index (χ1) is 14.0. The fourth-order valence-electron chi connectivity index (χ4n) is 4.33. The molecule has 7 nitrogen and oxygen atoms in total. The molecule has 7 heteroatoms. The summed E-state index contributed by atoms with van der Waals surface area (Å²) in [6.07, 6.45) is 3.69. The van der Waals surface area contributed by atoms with Gasteiger partial charge in [-0.1, -0.05) is 13.8 Å². The Morgan fingerprint density at radius 1 is 1.17 bits per heavy atom. The van der Waals surface area contributed by atoms with Crippen LogP contribution in [0, 0.1) is 13.8 Å². The SMILES string of the molecule is CNC1CN(c2ccc3[nH]c(-c4cn5ncnc5c(C)c4C)c(C(C)C)c3n2)C1. The maximum Gasteiger partial charge on any atom is 0.158 e. The zero-order valence-corrected chi connectivity index (χ0v) is 17.6. The van der Waals surface area contributed by atoms with Crippen LogP contribution in [0.15, 0.2) is 24.7 Å². The summed E-state index contributed by atoms with van der Waals surface area (Å²) in [5.74, 6) is 1.39. The Bertz CT molecular complexity index is 1210. The van der Waals surface area contributed by atoms with E-state index in [1.165, 1.54) is 11.1 Å². The molecule has 0 amide bonds. The van der Waals surface area contributed by atoms with E-state index in [0.29, 0.717) is 12.0 Å². The monoisotopic (exact) mass is 389 g/mol. The first kappa shape index (κ1) is 18.1. The molecule has 1 fully saturated rings. The van der Waals surface area contributed by atoms with E-state index in [0.717, 1.165) is 52.4 Å². The summed E-state index contributed by atoms with van der Waals surface area (Å²) in [4.78, 5) is 15.4. The number of hydrogen-bond acceptors (Lipinski definition) is 5. The molecule has 0 aliphatic carbocycles. The van der Waals surface area contributed by atoms with Crippen molar-refractivity contribution >= 4 is 22.5 Å². The van der Waals surface area contributed by atoms with Gasteiger partial charge in [0.05, 0.1) is 16.7 Å². The Kier molecular flexibility index (Phi) is 4.10. The number of aromatic amines is 1. The first-order valence-corrected chi connectivity index (χ1v) is 10.2. The van der Waals surface area contributed by atoms with Gasteiger partial charge in [0.1, 0.15) is 12.1 Å². The minimum atomic E-state index is 0.342. The van der Waals surface area contributed by atoms with Crippen LogP contribution < -0.4 is 10.2 Å². The summed E-state index contributed by atoms with van der Waals surface area (Å²) >= 11 is 0. The third-order valence-corrected chi connectivity index (χ3v) is 6.25. The lowest BCUT2D eigenvalue weighted by atomic mass is 9.95. The van der Waals surface area contributed by atoms with Crippen LogP contribution >= 0.6 is 0 Å². The van der Waals surface area contributed by atoms with Gasteiger partial charge in [0, 0.05) is 36.5 Å². The minimum absolute atomic E-state index is 0.342. The summed E-state index contributed by atoms with van der Waals surface area (Å²) in [5.41, 5.74) is 8.97. The molecule has 5 heterocycles. The number of anilines is 1. The first-order valence-electron chi connectivity index (χ1n) is 10.2. The smallest absolute Gasteiger partial charge is 0.158 e. The fourth-order valence-corrected chi connectivity index (χ4v) is 4.33. The lowest BCUT2D eigenvalue weighted by Gasteiger charge is -2.39. The molecule has 2 N–H and O–H groups in total. The molecular formula is C22H27N7. The molecule has 1 saturated heterocycles. The Labute approximate surface area is 170 Å². The molecule has 29 heavy (non-hydrogen) atoms. The normalized spacial score (nSPS) is 15.0. The number of rotatable bonds is 4. The molecule has 0 radical (unpaired) electrons. The van der Waals surface area contributed by atoms with Gasteiger partial charge < -0.3 is 15.2 Å². The van der Waals surface area contributed by atoms with Crippen LogP contribution in [0.5, 0.6) is 0 Å². The van der Waals surface area contributed by atoms with Crippen molar-refractivity contribution in [1.82, 2.24) is 29.9 Å². The van der Waals surface area contributed by atoms with E-state index in [2.05, 4.69) is 71.3 Å². The van der Waals surface area contributed by atoms with Crippen LogP contribution in [0.1, 0.15) is 36.5 Å². The average molecular weight is 390 g/mol. The minimum Gasteiger partial charge on any atom is -0.353 e. The lowest BCUT2D eigenvalue weighted by Crippen LogP contribution is -2.57. The van der Waals surface area contributed by atoms with Crippen molar-refractivity contribution in [2.75, 3.05) is 25.0 Å². The van der Waals surface area contributed by atoms with Gasteiger partial charge in [0.25, 0.3) is 0 Å². The molecule has 0 bridgehead atoms. The molecule has 0 saturated carbocycles. The predicted molar refractivity (Wildman–Crippen MR) is 117 cm³/mol. The largest absolute Gasteiger partial charge is 0.353 e. The third-order valence-electron chi connectivity index (χ3n) is 6.25. The molecule has 0 spiro atoms. The highest BCUT2D eigenvalue weighted by Crippen LogP contribution is 2.38. The Balaban J connectivity index is 1.68. The van der Waals surface area contributed by atoms with Gasteiger partial charge in [-0.25, -0.2) is 14.5 Å². The van der Waals surface area contributed by atoms with Gasteiger partial charge in [-0.05, 0) is 50.1 Å².